The number of rotatable bonds is 4. The normalized spacial score (nSPS) is 15.6. The Bertz CT molecular complexity index is 1140. The van der Waals surface area contributed by atoms with E-state index in [1.165, 1.54) is 6.07 Å². The molecular weight excluding hydrogens is 377 g/mol. The van der Waals surface area contributed by atoms with Gasteiger partial charge in [-0.25, -0.2) is 4.39 Å². The van der Waals surface area contributed by atoms with Gasteiger partial charge < -0.3 is 10.2 Å². The smallest absolute Gasteiger partial charge is 0.247 e. The molecule has 1 aliphatic heterocycles. The van der Waals surface area contributed by atoms with Crippen LogP contribution in [0.4, 0.5) is 15.8 Å². The van der Waals surface area contributed by atoms with E-state index in [9.17, 15) is 9.18 Å². The molecule has 5 heteroatoms. The van der Waals surface area contributed by atoms with E-state index < -0.39 is 11.9 Å². The van der Waals surface area contributed by atoms with E-state index in [-0.39, 0.29) is 11.6 Å². The van der Waals surface area contributed by atoms with Gasteiger partial charge in [-0.15, -0.1) is 0 Å². The minimum Gasteiger partial charge on any atom is -0.359 e. The average Bonchev–Trinajstić information content (AvgIpc) is 3.26. The molecule has 1 saturated heterocycles. The van der Waals surface area contributed by atoms with Crippen molar-refractivity contribution in [3.63, 3.8) is 0 Å². The number of hydrogen-bond acceptors (Lipinski definition) is 3. The Morgan fingerprint density at radius 3 is 2.73 bits per heavy atom. The lowest BCUT2D eigenvalue weighted by atomic mass is 10.0. The number of carbonyl (C=O) groups is 1. The molecule has 0 saturated carbocycles. The largest absolute Gasteiger partial charge is 0.359 e. The van der Waals surface area contributed by atoms with Gasteiger partial charge in [0.05, 0.1) is 17.3 Å². The van der Waals surface area contributed by atoms with Crippen LogP contribution in [0.3, 0.4) is 0 Å². The van der Waals surface area contributed by atoms with Crippen molar-refractivity contribution in [3.05, 3.63) is 83.7 Å². The number of halogens is 1. The fourth-order valence-electron chi connectivity index (χ4n) is 4.00. The second-order valence-corrected chi connectivity index (χ2v) is 7.51. The second-order valence-electron chi connectivity index (χ2n) is 7.51. The Hall–Kier alpha value is -3.65. The third kappa shape index (κ3) is 3.90. The van der Waals surface area contributed by atoms with Crippen molar-refractivity contribution in [2.75, 3.05) is 16.8 Å². The average molecular weight is 399 g/mol. The zero-order valence-electron chi connectivity index (χ0n) is 16.7. The molecule has 1 unspecified atom stereocenters. The maximum absolute atomic E-state index is 14.8. The molecule has 0 radical (unpaired) electrons. The third-order valence-electron chi connectivity index (χ3n) is 5.55. The summed E-state index contributed by atoms with van der Waals surface area (Å²) in [5.41, 5.74) is 4.37. The number of hydrogen-bond donors (Lipinski definition) is 1. The molecule has 4 rings (SSSR count). The Balaban J connectivity index is 1.53. The summed E-state index contributed by atoms with van der Waals surface area (Å²) in [5, 5.41) is 11.9. The van der Waals surface area contributed by atoms with Gasteiger partial charge in [-0.2, -0.15) is 5.26 Å². The highest BCUT2D eigenvalue weighted by atomic mass is 19.1. The quantitative estimate of drug-likeness (QED) is 0.649. The van der Waals surface area contributed by atoms with E-state index in [0.29, 0.717) is 12.0 Å². The number of nitrogens with zero attached hydrogens (tertiary/aromatic N) is 2. The first-order chi connectivity index (χ1) is 14.6. The van der Waals surface area contributed by atoms with E-state index in [1.54, 1.807) is 18.2 Å². The molecule has 1 aliphatic rings. The number of benzene rings is 3. The lowest BCUT2D eigenvalue weighted by Crippen LogP contribution is -2.39. The molecule has 0 aliphatic carbocycles. The van der Waals surface area contributed by atoms with Crippen LogP contribution in [0.1, 0.15) is 24.0 Å². The zero-order valence-corrected chi connectivity index (χ0v) is 16.7. The summed E-state index contributed by atoms with van der Waals surface area (Å²) in [6, 6.07) is 21.7. The van der Waals surface area contributed by atoms with Crippen LogP contribution in [0.25, 0.3) is 11.1 Å². The summed E-state index contributed by atoms with van der Waals surface area (Å²) in [6.07, 6.45) is 1.55. The highest BCUT2D eigenvalue weighted by molar-refractivity contribution is 5.97. The fraction of sp³-hybridized carbons (Fsp3) is 0.200. The lowest BCUT2D eigenvalue weighted by Gasteiger charge is -2.26. The topological polar surface area (TPSA) is 56.1 Å². The summed E-state index contributed by atoms with van der Waals surface area (Å²) in [6.45, 7) is 2.71. The van der Waals surface area contributed by atoms with Crippen molar-refractivity contribution >= 4 is 17.3 Å². The molecule has 1 heterocycles. The van der Waals surface area contributed by atoms with Crippen molar-refractivity contribution in [3.8, 4) is 17.2 Å². The van der Waals surface area contributed by atoms with Crippen LogP contribution in [0.15, 0.2) is 66.7 Å². The molecule has 1 atom stereocenters. The zero-order chi connectivity index (χ0) is 21.1. The van der Waals surface area contributed by atoms with Crippen molar-refractivity contribution in [1.82, 2.24) is 0 Å². The molecule has 4 nitrogen and oxygen atoms in total. The molecule has 1 amide bonds. The molecule has 150 valence electrons. The molecular formula is C25H22FN3O. The Morgan fingerprint density at radius 1 is 1.13 bits per heavy atom. The first-order valence-corrected chi connectivity index (χ1v) is 10.00. The summed E-state index contributed by atoms with van der Waals surface area (Å²) < 4.78 is 14.8. The van der Waals surface area contributed by atoms with E-state index in [1.807, 2.05) is 54.3 Å². The Kier molecular flexibility index (Phi) is 5.49. The predicted octanol–water partition coefficient (Wildman–Crippen LogP) is 5.28. The number of nitrogens with one attached hydrogen (secondary N) is 1. The predicted molar refractivity (Wildman–Crippen MR) is 117 cm³/mol. The highest BCUT2D eigenvalue weighted by Gasteiger charge is 2.31. The minimum atomic E-state index is -0.458. The van der Waals surface area contributed by atoms with E-state index in [4.69, 9.17) is 5.26 Å². The Morgan fingerprint density at radius 2 is 1.97 bits per heavy atom. The van der Waals surface area contributed by atoms with Gasteiger partial charge >= 0.3 is 0 Å². The van der Waals surface area contributed by atoms with Crippen molar-refractivity contribution in [2.45, 2.75) is 25.8 Å². The molecule has 0 aromatic heterocycles. The minimum absolute atomic E-state index is 0.176. The maximum atomic E-state index is 14.8. The van der Waals surface area contributed by atoms with E-state index >= 15 is 0 Å². The van der Waals surface area contributed by atoms with Crippen LogP contribution in [-0.2, 0) is 4.79 Å². The second kappa shape index (κ2) is 8.38. The third-order valence-corrected chi connectivity index (χ3v) is 5.55. The van der Waals surface area contributed by atoms with Gasteiger partial charge in [0.1, 0.15) is 11.9 Å². The summed E-state index contributed by atoms with van der Waals surface area (Å²) in [4.78, 5) is 14.9. The van der Waals surface area contributed by atoms with Gasteiger partial charge in [-0.1, -0.05) is 36.4 Å². The van der Waals surface area contributed by atoms with Crippen LogP contribution in [0.5, 0.6) is 0 Å². The maximum Gasteiger partial charge on any atom is 0.247 e. The van der Waals surface area contributed by atoms with Crippen LogP contribution in [-0.4, -0.2) is 18.5 Å². The number of nitriles is 1. The summed E-state index contributed by atoms with van der Waals surface area (Å²) >= 11 is 0. The molecule has 3 aromatic rings. The number of carbonyl (C=O) groups excluding carboxylic acids is 1. The van der Waals surface area contributed by atoms with Gasteiger partial charge in [-0.05, 0) is 66.8 Å². The first kappa shape index (κ1) is 19.7. The van der Waals surface area contributed by atoms with Gasteiger partial charge in [-0.3, -0.25) is 4.79 Å². The number of anilines is 2. The number of amides is 1. The van der Waals surface area contributed by atoms with Crippen molar-refractivity contribution in [2.24, 2.45) is 0 Å². The molecule has 3 aromatic carbocycles. The van der Waals surface area contributed by atoms with Crippen LogP contribution < -0.4 is 10.2 Å². The van der Waals surface area contributed by atoms with Gasteiger partial charge in [0.25, 0.3) is 0 Å². The van der Waals surface area contributed by atoms with Crippen molar-refractivity contribution in [1.29, 1.82) is 5.26 Å². The molecule has 0 spiro atoms. The fourth-order valence-corrected chi connectivity index (χ4v) is 4.00. The molecule has 0 bridgehead atoms. The first-order valence-electron chi connectivity index (χ1n) is 10.00. The summed E-state index contributed by atoms with van der Waals surface area (Å²) in [7, 11) is 0. The van der Waals surface area contributed by atoms with Gasteiger partial charge in [0, 0.05) is 12.2 Å². The van der Waals surface area contributed by atoms with E-state index in [0.717, 1.165) is 35.3 Å². The monoisotopic (exact) mass is 399 g/mol. The van der Waals surface area contributed by atoms with Crippen LogP contribution in [0.2, 0.25) is 0 Å². The highest BCUT2D eigenvalue weighted by Crippen LogP contribution is 2.29. The van der Waals surface area contributed by atoms with Gasteiger partial charge in [0.2, 0.25) is 5.91 Å². The summed E-state index contributed by atoms with van der Waals surface area (Å²) in [5.74, 6) is -0.697. The number of aryl methyl sites for hydroxylation is 1. The molecule has 1 fully saturated rings. The Labute approximate surface area is 175 Å². The van der Waals surface area contributed by atoms with Crippen LogP contribution >= 0.6 is 0 Å². The van der Waals surface area contributed by atoms with Gasteiger partial charge in [0.15, 0.2) is 0 Å². The molecule has 30 heavy (non-hydrogen) atoms. The standard InChI is InChI=1S/C25H22FN3O/c1-17-6-2-3-9-21(17)19-11-12-23(22(26)15-19)28-25(30)24-10-5-13-29(24)20-8-4-7-18(14-20)16-27/h2-4,6-9,11-12,14-15,24H,5,10,13H2,1H3,(H,28,30). The van der Waals surface area contributed by atoms with Crippen LogP contribution in [0, 0.1) is 24.1 Å². The van der Waals surface area contributed by atoms with Crippen molar-refractivity contribution < 1.29 is 9.18 Å². The lowest BCUT2D eigenvalue weighted by molar-refractivity contribution is -0.117. The molecule has 1 N–H and O–H groups in total. The van der Waals surface area contributed by atoms with E-state index in [2.05, 4.69) is 11.4 Å². The SMILES string of the molecule is Cc1ccccc1-c1ccc(NC(=O)C2CCCN2c2cccc(C#N)c2)c(F)c1.